The minimum atomic E-state index is -0.448. The number of nitrogens with one attached hydrogen (secondary N) is 2. The van der Waals surface area contributed by atoms with Crippen LogP contribution in [0.1, 0.15) is 16.8 Å². The maximum Gasteiger partial charge on any atom is 0.337 e. The minimum Gasteiger partial charge on any atom is -0.465 e. The number of benzene rings is 2. The van der Waals surface area contributed by atoms with Gasteiger partial charge in [0.15, 0.2) is 0 Å². The molecule has 0 aliphatic heterocycles. The first-order valence-electron chi connectivity index (χ1n) is 8.34. The molecule has 6 nitrogen and oxygen atoms in total. The predicted octanol–water partition coefficient (Wildman–Crippen LogP) is 4.12. The molecular formula is C20H18ClN3O3. The van der Waals surface area contributed by atoms with Crippen molar-refractivity contribution in [3.05, 3.63) is 65.3 Å². The van der Waals surface area contributed by atoms with E-state index >= 15 is 0 Å². The van der Waals surface area contributed by atoms with Crippen LogP contribution in [-0.2, 0) is 9.53 Å². The van der Waals surface area contributed by atoms with Crippen molar-refractivity contribution < 1.29 is 14.3 Å². The molecule has 0 fully saturated rings. The normalized spacial score (nSPS) is 10.4. The molecule has 27 heavy (non-hydrogen) atoms. The number of esters is 1. The van der Waals surface area contributed by atoms with Crippen molar-refractivity contribution in [2.75, 3.05) is 24.3 Å². The van der Waals surface area contributed by atoms with Crippen LogP contribution < -0.4 is 10.6 Å². The summed E-state index contributed by atoms with van der Waals surface area (Å²) in [4.78, 5) is 28.2. The van der Waals surface area contributed by atoms with Crippen LogP contribution in [0.5, 0.6) is 0 Å². The molecule has 7 heteroatoms. The van der Waals surface area contributed by atoms with Crippen molar-refractivity contribution in [3.63, 3.8) is 0 Å². The second-order valence-corrected chi connectivity index (χ2v) is 6.20. The fourth-order valence-corrected chi connectivity index (χ4v) is 2.82. The number of halogens is 1. The molecule has 0 saturated heterocycles. The maximum atomic E-state index is 12.3. The molecule has 0 spiro atoms. The van der Waals surface area contributed by atoms with Crippen LogP contribution >= 0.6 is 11.6 Å². The fourth-order valence-electron chi connectivity index (χ4n) is 2.63. The Morgan fingerprint density at radius 3 is 2.74 bits per heavy atom. The first kappa shape index (κ1) is 18.7. The molecule has 3 aromatic rings. The van der Waals surface area contributed by atoms with E-state index in [0.717, 1.165) is 10.9 Å². The molecule has 0 saturated carbocycles. The summed E-state index contributed by atoms with van der Waals surface area (Å²) in [6.07, 6.45) is 1.91. The number of rotatable bonds is 6. The van der Waals surface area contributed by atoms with E-state index < -0.39 is 5.97 Å². The highest BCUT2D eigenvalue weighted by Crippen LogP contribution is 2.24. The van der Waals surface area contributed by atoms with Gasteiger partial charge in [-0.05, 0) is 30.3 Å². The summed E-state index contributed by atoms with van der Waals surface area (Å²) in [5.74, 6) is -0.600. The molecule has 1 amide bonds. The second-order valence-electron chi connectivity index (χ2n) is 5.79. The van der Waals surface area contributed by atoms with Gasteiger partial charge in [-0.15, -0.1) is 0 Å². The van der Waals surface area contributed by atoms with Crippen molar-refractivity contribution >= 4 is 45.8 Å². The third-order valence-corrected chi connectivity index (χ3v) is 4.29. The average molecular weight is 384 g/mol. The van der Waals surface area contributed by atoms with Crippen molar-refractivity contribution in [1.82, 2.24) is 4.98 Å². The van der Waals surface area contributed by atoms with Crippen molar-refractivity contribution in [1.29, 1.82) is 0 Å². The lowest BCUT2D eigenvalue weighted by molar-refractivity contribution is -0.115. The van der Waals surface area contributed by atoms with E-state index in [9.17, 15) is 9.59 Å². The van der Waals surface area contributed by atoms with E-state index in [0.29, 0.717) is 28.5 Å². The van der Waals surface area contributed by atoms with Gasteiger partial charge >= 0.3 is 5.97 Å². The van der Waals surface area contributed by atoms with Gasteiger partial charge in [0, 0.05) is 24.5 Å². The number of anilines is 2. The number of para-hydroxylation sites is 1. The Morgan fingerprint density at radius 1 is 1.11 bits per heavy atom. The van der Waals surface area contributed by atoms with Gasteiger partial charge in [0.05, 0.1) is 34.6 Å². The highest BCUT2D eigenvalue weighted by molar-refractivity contribution is 6.33. The average Bonchev–Trinajstić information content (AvgIpc) is 2.69. The van der Waals surface area contributed by atoms with Gasteiger partial charge in [-0.25, -0.2) is 4.79 Å². The fraction of sp³-hybridized carbons (Fsp3) is 0.150. The molecule has 0 atom stereocenters. The highest BCUT2D eigenvalue weighted by atomic mass is 35.5. The molecule has 1 heterocycles. The van der Waals surface area contributed by atoms with Gasteiger partial charge < -0.3 is 15.4 Å². The number of hydrogen-bond acceptors (Lipinski definition) is 5. The quantitative estimate of drug-likeness (QED) is 0.626. The molecule has 138 valence electrons. The molecule has 0 aliphatic rings. The number of aromatic nitrogens is 1. The number of ether oxygens (including phenoxy) is 1. The van der Waals surface area contributed by atoms with Crippen LogP contribution in [0, 0.1) is 0 Å². The molecule has 0 radical (unpaired) electrons. The molecule has 3 rings (SSSR count). The van der Waals surface area contributed by atoms with E-state index in [2.05, 4.69) is 15.6 Å². The molecule has 0 aliphatic carbocycles. The summed E-state index contributed by atoms with van der Waals surface area (Å²) in [5.41, 5.74) is 2.37. The van der Waals surface area contributed by atoms with Crippen LogP contribution in [0.2, 0.25) is 5.02 Å². The topological polar surface area (TPSA) is 80.3 Å². The molecule has 1 aromatic heterocycles. The zero-order valence-electron chi connectivity index (χ0n) is 14.7. The molecule has 0 unspecified atom stereocenters. The number of hydrogen-bond donors (Lipinski definition) is 2. The predicted molar refractivity (Wildman–Crippen MR) is 106 cm³/mol. The highest BCUT2D eigenvalue weighted by Gasteiger charge is 2.10. The molecule has 2 N–H and O–H groups in total. The van der Waals surface area contributed by atoms with Gasteiger partial charge in [0.1, 0.15) is 0 Å². The number of carbonyl (C=O) groups is 2. The Balaban J connectivity index is 1.61. The second kappa shape index (κ2) is 8.51. The summed E-state index contributed by atoms with van der Waals surface area (Å²) in [6.45, 7) is 0.356. The number of fused-ring (bicyclic) bond motifs is 1. The Hall–Kier alpha value is -3.12. The third kappa shape index (κ3) is 4.54. The smallest absolute Gasteiger partial charge is 0.337 e. The van der Waals surface area contributed by atoms with Crippen LogP contribution in [0.15, 0.2) is 54.7 Å². The lowest BCUT2D eigenvalue weighted by Crippen LogP contribution is -2.17. The van der Waals surface area contributed by atoms with Gasteiger partial charge in [-0.3, -0.25) is 9.78 Å². The monoisotopic (exact) mass is 383 g/mol. The lowest BCUT2D eigenvalue weighted by atomic mass is 10.2. The van der Waals surface area contributed by atoms with Crippen molar-refractivity contribution in [2.45, 2.75) is 6.42 Å². The van der Waals surface area contributed by atoms with Gasteiger partial charge in [-0.2, -0.15) is 0 Å². The lowest BCUT2D eigenvalue weighted by Gasteiger charge is -2.11. The molecule has 0 bridgehead atoms. The largest absolute Gasteiger partial charge is 0.465 e. The number of pyridine rings is 1. The Labute approximate surface area is 161 Å². The van der Waals surface area contributed by atoms with Crippen LogP contribution in [0.3, 0.4) is 0 Å². The Kier molecular flexibility index (Phi) is 5.88. The number of carbonyl (C=O) groups excluding carboxylic acids is 2. The first-order valence-corrected chi connectivity index (χ1v) is 8.71. The summed E-state index contributed by atoms with van der Waals surface area (Å²) in [6, 6.07) is 14.2. The third-order valence-electron chi connectivity index (χ3n) is 3.96. The van der Waals surface area contributed by atoms with Crippen LogP contribution in [0.25, 0.3) is 10.9 Å². The number of methoxy groups -OCH3 is 1. The van der Waals surface area contributed by atoms with Crippen LogP contribution in [-0.4, -0.2) is 30.5 Å². The molecule has 2 aromatic carbocycles. The summed E-state index contributed by atoms with van der Waals surface area (Å²) < 4.78 is 4.70. The number of nitrogens with zero attached hydrogens (tertiary/aromatic N) is 1. The zero-order chi connectivity index (χ0) is 19.2. The van der Waals surface area contributed by atoms with E-state index in [4.69, 9.17) is 16.3 Å². The van der Waals surface area contributed by atoms with E-state index in [1.807, 2.05) is 30.3 Å². The number of amides is 1. The zero-order valence-corrected chi connectivity index (χ0v) is 15.4. The molecular weight excluding hydrogens is 366 g/mol. The minimum absolute atomic E-state index is 0.152. The van der Waals surface area contributed by atoms with Gasteiger partial charge in [0.25, 0.3) is 0 Å². The maximum absolute atomic E-state index is 12.3. The van der Waals surface area contributed by atoms with Crippen molar-refractivity contribution in [2.24, 2.45) is 0 Å². The van der Waals surface area contributed by atoms with Crippen molar-refractivity contribution in [3.8, 4) is 0 Å². The van der Waals surface area contributed by atoms with Gasteiger partial charge in [-0.1, -0.05) is 29.8 Å². The van der Waals surface area contributed by atoms with E-state index in [1.165, 1.54) is 7.11 Å². The van der Waals surface area contributed by atoms with E-state index in [1.54, 1.807) is 24.4 Å². The van der Waals surface area contributed by atoms with Crippen LogP contribution in [0.4, 0.5) is 11.4 Å². The summed E-state index contributed by atoms with van der Waals surface area (Å²) in [5, 5.41) is 7.36. The standard InChI is InChI=1S/C20H18ClN3O3/c1-27-20(26)14-7-8-15(21)17(12-14)22-11-9-18(25)24-16-6-2-4-13-5-3-10-23-19(13)16/h2-8,10,12,22H,9,11H2,1H3,(H,24,25). The summed E-state index contributed by atoms with van der Waals surface area (Å²) in [7, 11) is 1.32. The Morgan fingerprint density at radius 2 is 1.93 bits per heavy atom. The first-order chi connectivity index (χ1) is 13.1. The van der Waals surface area contributed by atoms with E-state index in [-0.39, 0.29) is 12.3 Å². The SMILES string of the molecule is COC(=O)c1ccc(Cl)c(NCCC(=O)Nc2cccc3cccnc23)c1. The Bertz CT molecular complexity index is 986. The summed E-state index contributed by atoms with van der Waals surface area (Å²) >= 11 is 6.13. The van der Waals surface area contributed by atoms with Gasteiger partial charge in [0.2, 0.25) is 5.91 Å².